The fourth-order valence-corrected chi connectivity index (χ4v) is 1.65. The van der Waals surface area contributed by atoms with Gasteiger partial charge in [0.15, 0.2) is 0 Å². The van der Waals surface area contributed by atoms with Crippen molar-refractivity contribution in [3.05, 3.63) is 44.4 Å². The minimum Gasteiger partial charge on any atom is -0.311 e. The number of hydrogen-bond donors (Lipinski definition) is 1. The van der Waals surface area contributed by atoms with Gasteiger partial charge in [-0.3, -0.25) is 10.1 Å². The quantitative estimate of drug-likeness (QED) is 0.670. The summed E-state index contributed by atoms with van der Waals surface area (Å²) in [7, 11) is 0. The van der Waals surface area contributed by atoms with E-state index < -0.39 is 0 Å². The molecule has 0 atom stereocenters. The summed E-state index contributed by atoms with van der Waals surface area (Å²) < 4.78 is 0.710. The molecule has 0 heterocycles. The molecule has 5 heteroatoms. The van der Waals surface area contributed by atoms with Crippen LogP contribution in [0.3, 0.4) is 0 Å². The number of nitro groups is 1. The summed E-state index contributed by atoms with van der Waals surface area (Å²) in [5.41, 5.74) is 0.726. The van der Waals surface area contributed by atoms with Crippen LogP contribution in [0.1, 0.15) is 19.4 Å². The van der Waals surface area contributed by atoms with Gasteiger partial charge in [0.05, 0.1) is 10.5 Å². The lowest BCUT2D eigenvalue weighted by Gasteiger charge is -2.03. The highest BCUT2D eigenvalue weighted by atomic mass is 79.9. The third kappa shape index (κ3) is 4.66. The van der Waals surface area contributed by atoms with Crippen LogP contribution < -0.4 is 5.32 Å². The molecule has 0 saturated carbocycles. The molecule has 4 nitrogen and oxygen atoms in total. The molecule has 0 unspecified atom stereocenters. The van der Waals surface area contributed by atoms with E-state index in [1.54, 1.807) is 18.2 Å². The molecule has 0 spiro atoms. The van der Waals surface area contributed by atoms with E-state index in [-0.39, 0.29) is 10.6 Å². The van der Waals surface area contributed by atoms with Gasteiger partial charge in [-0.15, -0.1) is 0 Å². The van der Waals surface area contributed by atoms with Crippen molar-refractivity contribution in [2.45, 2.75) is 19.9 Å². The van der Waals surface area contributed by atoms with Gasteiger partial charge in [0.1, 0.15) is 0 Å². The Kier molecular flexibility index (Phi) is 5.31. The molecule has 92 valence electrons. The molecule has 1 aromatic rings. The van der Waals surface area contributed by atoms with Gasteiger partial charge in [-0.2, -0.15) is 0 Å². The highest BCUT2D eigenvalue weighted by Gasteiger charge is 2.11. The summed E-state index contributed by atoms with van der Waals surface area (Å²) in [4.78, 5) is 10.5. The minimum atomic E-state index is -0.375. The van der Waals surface area contributed by atoms with E-state index in [4.69, 9.17) is 0 Å². The maximum absolute atomic E-state index is 10.9. The Hall–Kier alpha value is -1.20. The van der Waals surface area contributed by atoms with Crippen molar-refractivity contribution >= 4 is 27.7 Å². The predicted molar refractivity (Wildman–Crippen MR) is 73.0 cm³/mol. The third-order valence-electron chi connectivity index (χ3n) is 2.13. The summed E-state index contributed by atoms with van der Waals surface area (Å²) >= 11 is 3.22. The summed E-state index contributed by atoms with van der Waals surface area (Å²) in [6, 6.07) is 5.44. The third-order valence-corrected chi connectivity index (χ3v) is 2.62. The monoisotopic (exact) mass is 298 g/mol. The summed E-state index contributed by atoms with van der Waals surface area (Å²) in [5.74, 6) is 0. The van der Waals surface area contributed by atoms with Crippen LogP contribution in [0.15, 0.2) is 28.7 Å². The van der Waals surface area contributed by atoms with Gasteiger partial charge in [-0.1, -0.05) is 41.9 Å². The molecule has 0 radical (unpaired) electrons. The maximum Gasteiger partial charge on any atom is 0.277 e. The second-order valence-corrected chi connectivity index (χ2v) is 4.84. The van der Waals surface area contributed by atoms with Gasteiger partial charge in [0.25, 0.3) is 5.69 Å². The molecular formula is C12H15BrN2O2. The van der Waals surface area contributed by atoms with Gasteiger partial charge < -0.3 is 5.32 Å². The second kappa shape index (κ2) is 6.51. The molecule has 0 amide bonds. The molecule has 0 aliphatic rings. The normalized spacial score (nSPS) is 11.3. The molecule has 0 fully saturated rings. The van der Waals surface area contributed by atoms with Crippen molar-refractivity contribution in [1.82, 2.24) is 5.32 Å². The number of hydrogen-bond acceptors (Lipinski definition) is 3. The molecule has 0 bridgehead atoms. The van der Waals surface area contributed by atoms with Crippen LogP contribution in [0.5, 0.6) is 0 Å². The van der Waals surface area contributed by atoms with Crippen LogP contribution >= 0.6 is 15.9 Å². The van der Waals surface area contributed by atoms with E-state index in [1.807, 2.05) is 6.08 Å². The van der Waals surface area contributed by atoms with E-state index in [9.17, 15) is 10.1 Å². The standard InChI is InChI=1S/C12H15BrN2O2/c1-9(2)14-7-3-4-10-5-6-11(13)8-12(10)15(16)17/h3-6,8-9,14H,7H2,1-2H3/b4-3+. The van der Waals surface area contributed by atoms with Gasteiger partial charge in [0, 0.05) is 23.1 Å². The molecule has 1 rings (SSSR count). The van der Waals surface area contributed by atoms with Crippen molar-refractivity contribution < 1.29 is 4.92 Å². The fraction of sp³-hybridized carbons (Fsp3) is 0.333. The number of nitrogens with one attached hydrogen (secondary N) is 1. The average molecular weight is 299 g/mol. The number of nitro benzene ring substituents is 1. The zero-order valence-electron chi connectivity index (χ0n) is 9.81. The molecular weight excluding hydrogens is 284 g/mol. The number of benzene rings is 1. The second-order valence-electron chi connectivity index (χ2n) is 3.93. The molecule has 0 saturated heterocycles. The Labute approximate surface area is 109 Å². The minimum absolute atomic E-state index is 0.111. The Morgan fingerprint density at radius 1 is 1.53 bits per heavy atom. The lowest BCUT2D eigenvalue weighted by Crippen LogP contribution is -2.22. The Morgan fingerprint density at radius 3 is 2.82 bits per heavy atom. The van der Waals surface area contributed by atoms with E-state index in [2.05, 4.69) is 35.1 Å². The molecule has 1 N–H and O–H groups in total. The highest BCUT2D eigenvalue weighted by molar-refractivity contribution is 9.10. The van der Waals surface area contributed by atoms with Crippen LogP contribution in [0, 0.1) is 10.1 Å². The van der Waals surface area contributed by atoms with Gasteiger partial charge in [0.2, 0.25) is 0 Å². The van der Waals surface area contributed by atoms with Crippen molar-refractivity contribution in [1.29, 1.82) is 0 Å². The van der Waals surface area contributed by atoms with E-state index in [0.29, 0.717) is 22.6 Å². The smallest absolute Gasteiger partial charge is 0.277 e. The molecule has 0 aliphatic carbocycles. The molecule has 17 heavy (non-hydrogen) atoms. The first kappa shape index (κ1) is 13.9. The predicted octanol–water partition coefficient (Wildman–Crippen LogP) is 3.37. The molecule has 1 aromatic carbocycles. The van der Waals surface area contributed by atoms with Crippen molar-refractivity contribution in [2.24, 2.45) is 0 Å². The Morgan fingerprint density at radius 2 is 2.24 bits per heavy atom. The molecule has 0 aliphatic heterocycles. The van der Waals surface area contributed by atoms with Crippen molar-refractivity contribution in [3.8, 4) is 0 Å². The van der Waals surface area contributed by atoms with Gasteiger partial charge in [-0.25, -0.2) is 0 Å². The first-order chi connectivity index (χ1) is 8.00. The number of rotatable bonds is 5. The summed E-state index contributed by atoms with van der Waals surface area (Å²) in [6.45, 7) is 4.80. The maximum atomic E-state index is 10.9. The molecule has 0 aromatic heterocycles. The van der Waals surface area contributed by atoms with Crippen molar-refractivity contribution in [3.63, 3.8) is 0 Å². The lowest BCUT2D eigenvalue weighted by atomic mass is 10.1. The lowest BCUT2D eigenvalue weighted by molar-refractivity contribution is -0.385. The zero-order valence-corrected chi connectivity index (χ0v) is 11.4. The zero-order chi connectivity index (χ0) is 12.8. The largest absolute Gasteiger partial charge is 0.311 e. The van der Waals surface area contributed by atoms with E-state index in [1.165, 1.54) is 6.07 Å². The van der Waals surface area contributed by atoms with Crippen LogP contribution in [0.4, 0.5) is 5.69 Å². The highest BCUT2D eigenvalue weighted by Crippen LogP contribution is 2.24. The van der Waals surface area contributed by atoms with Gasteiger partial charge >= 0.3 is 0 Å². The van der Waals surface area contributed by atoms with Crippen LogP contribution in [0.2, 0.25) is 0 Å². The van der Waals surface area contributed by atoms with E-state index in [0.717, 1.165) is 0 Å². The summed E-state index contributed by atoms with van der Waals surface area (Å²) in [5, 5.41) is 14.1. The first-order valence-electron chi connectivity index (χ1n) is 5.34. The van der Waals surface area contributed by atoms with E-state index >= 15 is 0 Å². The van der Waals surface area contributed by atoms with Crippen LogP contribution in [-0.4, -0.2) is 17.5 Å². The van der Waals surface area contributed by atoms with Crippen molar-refractivity contribution in [2.75, 3.05) is 6.54 Å². The van der Waals surface area contributed by atoms with Crippen LogP contribution in [0.25, 0.3) is 6.08 Å². The first-order valence-corrected chi connectivity index (χ1v) is 6.14. The van der Waals surface area contributed by atoms with Gasteiger partial charge in [-0.05, 0) is 12.1 Å². The SMILES string of the molecule is CC(C)NC/C=C/c1ccc(Br)cc1[N+](=O)[O-]. The fourth-order valence-electron chi connectivity index (χ4n) is 1.31. The van der Waals surface area contributed by atoms with Crippen LogP contribution in [-0.2, 0) is 0 Å². The number of halogens is 1. The Balaban J connectivity index is 2.80. The number of nitrogens with zero attached hydrogens (tertiary/aromatic N) is 1. The average Bonchev–Trinajstić information content (AvgIpc) is 2.25. The summed E-state index contributed by atoms with van der Waals surface area (Å²) in [6.07, 6.45) is 3.65. The Bertz CT molecular complexity index is 431. The topological polar surface area (TPSA) is 55.2 Å².